The maximum atomic E-state index is 12.5. The molecule has 1 saturated heterocycles. The Balaban J connectivity index is 1.43. The van der Waals surface area contributed by atoms with Gasteiger partial charge in [0.25, 0.3) is 5.91 Å². The molecule has 0 spiro atoms. The third kappa shape index (κ3) is 5.03. The first-order chi connectivity index (χ1) is 15.4. The van der Waals surface area contributed by atoms with Crippen molar-refractivity contribution in [1.29, 1.82) is 0 Å². The van der Waals surface area contributed by atoms with Crippen LogP contribution >= 0.6 is 23.1 Å². The molecule has 1 atom stereocenters. The summed E-state index contributed by atoms with van der Waals surface area (Å²) in [5.74, 6) is 0.970. The minimum atomic E-state index is -0.237. The normalized spacial score (nSPS) is 15.8. The van der Waals surface area contributed by atoms with Gasteiger partial charge in [0.15, 0.2) is 16.0 Å². The first kappa shape index (κ1) is 22.5. The molecule has 2 amide bonds. The molecule has 0 radical (unpaired) electrons. The Bertz CT molecular complexity index is 1090. The summed E-state index contributed by atoms with van der Waals surface area (Å²) in [4.78, 5) is 31.0. The number of carbonyl (C=O) groups is 2. The second kappa shape index (κ2) is 9.84. The van der Waals surface area contributed by atoms with Crippen molar-refractivity contribution in [2.24, 2.45) is 0 Å². The maximum absolute atomic E-state index is 12.5. The van der Waals surface area contributed by atoms with E-state index >= 15 is 0 Å². The maximum Gasteiger partial charge on any atom is 0.265 e. The second-order valence-corrected chi connectivity index (χ2v) is 9.44. The van der Waals surface area contributed by atoms with Gasteiger partial charge in [0, 0.05) is 20.7 Å². The van der Waals surface area contributed by atoms with E-state index < -0.39 is 0 Å². The molecule has 3 aromatic rings. The molecule has 0 bridgehead atoms. The third-order valence-corrected chi connectivity index (χ3v) is 6.87. The Morgan fingerprint density at radius 1 is 1.38 bits per heavy atom. The smallest absolute Gasteiger partial charge is 0.265 e. The Labute approximate surface area is 193 Å². The lowest BCUT2D eigenvalue weighted by molar-refractivity contribution is -0.113. The van der Waals surface area contributed by atoms with Crippen LogP contribution in [-0.4, -0.2) is 69.0 Å². The molecular formula is C20H24N6O4S2. The molecule has 1 aliphatic rings. The number of furan rings is 1. The summed E-state index contributed by atoms with van der Waals surface area (Å²) in [5, 5.41) is 12.3. The van der Waals surface area contributed by atoms with Gasteiger partial charge in [-0.15, -0.1) is 10.2 Å². The number of aryl methyl sites for hydroxylation is 1. The van der Waals surface area contributed by atoms with Crippen molar-refractivity contribution in [3.05, 3.63) is 29.0 Å². The van der Waals surface area contributed by atoms with Crippen molar-refractivity contribution in [2.75, 3.05) is 31.8 Å². The van der Waals surface area contributed by atoms with Crippen LogP contribution in [0.4, 0.5) is 5.13 Å². The minimum Gasteiger partial charge on any atom is -0.461 e. The summed E-state index contributed by atoms with van der Waals surface area (Å²) in [5.41, 5.74) is 0.594. The zero-order valence-electron chi connectivity index (χ0n) is 18.0. The van der Waals surface area contributed by atoms with Crippen molar-refractivity contribution in [1.82, 2.24) is 24.6 Å². The fraction of sp³-hybridized carbons (Fsp3) is 0.450. The molecule has 4 heterocycles. The molecule has 3 aromatic heterocycles. The monoisotopic (exact) mass is 476 g/mol. The van der Waals surface area contributed by atoms with Crippen LogP contribution in [0.1, 0.15) is 28.2 Å². The molecular weight excluding hydrogens is 452 g/mol. The van der Waals surface area contributed by atoms with E-state index in [-0.39, 0.29) is 23.7 Å². The average Bonchev–Trinajstić information content (AvgIpc) is 3.55. The lowest BCUT2D eigenvalue weighted by Crippen LogP contribution is -2.21. The topological polar surface area (TPSA) is 115 Å². The molecule has 1 aliphatic heterocycles. The summed E-state index contributed by atoms with van der Waals surface area (Å²) < 4.78 is 13.2. The molecule has 1 N–H and O–H groups in total. The van der Waals surface area contributed by atoms with E-state index in [9.17, 15) is 9.59 Å². The summed E-state index contributed by atoms with van der Waals surface area (Å²) in [6.45, 7) is 3.09. The zero-order valence-corrected chi connectivity index (χ0v) is 19.7. The summed E-state index contributed by atoms with van der Waals surface area (Å²) in [6, 6.07) is 3.63. The second-order valence-electron chi connectivity index (χ2n) is 7.50. The Morgan fingerprint density at radius 2 is 2.22 bits per heavy atom. The van der Waals surface area contributed by atoms with Gasteiger partial charge in [0.2, 0.25) is 11.7 Å². The quantitative estimate of drug-likeness (QED) is 0.494. The lowest BCUT2D eigenvalue weighted by Gasteiger charge is -2.13. The van der Waals surface area contributed by atoms with Gasteiger partial charge in [-0.2, -0.15) is 0 Å². The molecule has 1 fully saturated rings. The molecule has 0 saturated carbocycles. The van der Waals surface area contributed by atoms with Crippen LogP contribution in [-0.2, 0) is 16.1 Å². The number of amides is 2. The zero-order chi connectivity index (χ0) is 22.7. The van der Waals surface area contributed by atoms with Crippen LogP contribution in [0.2, 0.25) is 0 Å². The largest absolute Gasteiger partial charge is 0.461 e. The van der Waals surface area contributed by atoms with Crippen LogP contribution in [0.25, 0.3) is 11.6 Å². The van der Waals surface area contributed by atoms with Crippen molar-refractivity contribution < 1.29 is 18.7 Å². The highest BCUT2D eigenvalue weighted by Gasteiger charge is 2.24. The van der Waals surface area contributed by atoms with Crippen LogP contribution < -0.4 is 5.32 Å². The first-order valence-electron chi connectivity index (χ1n) is 10.1. The van der Waals surface area contributed by atoms with Crippen LogP contribution in [0.3, 0.4) is 0 Å². The minimum absolute atomic E-state index is 0.0823. The van der Waals surface area contributed by atoms with Gasteiger partial charge in [-0.25, -0.2) is 4.98 Å². The molecule has 32 heavy (non-hydrogen) atoms. The molecule has 12 heteroatoms. The SMILES string of the molecule is Cc1nc(NC(=O)CSc2nnc(-c3ccco3)n2CC2CCCO2)sc1C(=O)N(C)C. The average molecular weight is 477 g/mol. The lowest BCUT2D eigenvalue weighted by atomic mass is 10.2. The number of carbonyl (C=O) groups excluding carboxylic acids is 2. The molecule has 4 rings (SSSR count). The Kier molecular flexibility index (Phi) is 6.92. The summed E-state index contributed by atoms with van der Waals surface area (Å²) in [6.07, 6.45) is 3.67. The molecule has 1 unspecified atom stereocenters. The molecule has 10 nitrogen and oxygen atoms in total. The van der Waals surface area contributed by atoms with E-state index in [0.29, 0.717) is 39.0 Å². The third-order valence-electron chi connectivity index (χ3n) is 4.84. The van der Waals surface area contributed by atoms with Gasteiger partial charge in [0.1, 0.15) is 4.88 Å². The van der Waals surface area contributed by atoms with E-state index in [1.807, 2.05) is 10.6 Å². The number of aromatic nitrogens is 4. The summed E-state index contributed by atoms with van der Waals surface area (Å²) >= 11 is 2.45. The van der Waals surface area contributed by atoms with Crippen molar-refractivity contribution >= 4 is 40.0 Å². The number of rotatable bonds is 8. The fourth-order valence-electron chi connectivity index (χ4n) is 3.28. The van der Waals surface area contributed by atoms with E-state index in [4.69, 9.17) is 9.15 Å². The van der Waals surface area contributed by atoms with Crippen molar-refractivity contribution in [2.45, 2.75) is 37.6 Å². The predicted octanol–water partition coefficient (Wildman–Crippen LogP) is 2.91. The van der Waals surface area contributed by atoms with E-state index in [0.717, 1.165) is 19.4 Å². The predicted molar refractivity (Wildman–Crippen MR) is 121 cm³/mol. The van der Waals surface area contributed by atoms with Crippen molar-refractivity contribution in [3.63, 3.8) is 0 Å². The summed E-state index contributed by atoms with van der Waals surface area (Å²) in [7, 11) is 3.36. The number of hydrogen-bond donors (Lipinski definition) is 1. The Hall–Kier alpha value is -2.70. The van der Waals surface area contributed by atoms with Gasteiger partial charge in [-0.05, 0) is 31.9 Å². The molecule has 0 aromatic carbocycles. The highest BCUT2D eigenvalue weighted by molar-refractivity contribution is 7.99. The molecule has 0 aliphatic carbocycles. The van der Waals surface area contributed by atoms with Gasteiger partial charge < -0.3 is 19.4 Å². The number of hydrogen-bond acceptors (Lipinski definition) is 9. The number of ether oxygens (including phenoxy) is 1. The Morgan fingerprint density at radius 3 is 2.91 bits per heavy atom. The van der Waals surface area contributed by atoms with Crippen LogP contribution in [0.15, 0.2) is 28.0 Å². The van der Waals surface area contributed by atoms with Crippen LogP contribution in [0, 0.1) is 6.92 Å². The first-order valence-corrected chi connectivity index (χ1v) is 11.9. The van der Waals surface area contributed by atoms with Crippen LogP contribution in [0.5, 0.6) is 0 Å². The number of nitrogens with zero attached hydrogens (tertiary/aromatic N) is 5. The number of thioether (sulfide) groups is 1. The van der Waals surface area contributed by atoms with Gasteiger partial charge in [-0.3, -0.25) is 14.2 Å². The highest BCUT2D eigenvalue weighted by Crippen LogP contribution is 2.28. The fourth-order valence-corrected chi connectivity index (χ4v) is 5.03. The highest BCUT2D eigenvalue weighted by atomic mass is 32.2. The number of thiazole rings is 1. The van der Waals surface area contributed by atoms with E-state index in [2.05, 4.69) is 20.5 Å². The standard InChI is InChI=1S/C20H24N6O4S2/c1-12-16(18(28)25(2)3)32-19(21-12)22-15(27)11-31-20-24-23-17(14-7-5-9-30-14)26(20)10-13-6-4-8-29-13/h5,7,9,13H,4,6,8,10-11H2,1-3H3,(H,21,22,27). The molecule has 170 valence electrons. The van der Waals surface area contributed by atoms with Gasteiger partial charge in [0.05, 0.1) is 30.4 Å². The van der Waals surface area contributed by atoms with Gasteiger partial charge >= 0.3 is 0 Å². The van der Waals surface area contributed by atoms with E-state index in [1.54, 1.807) is 33.3 Å². The number of nitrogens with one attached hydrogen (secondary N) is 1. The van der Waals surface area contributed by atoms with E-state index in [1.165, 1.54) is 28.0 Å². The van der Waals surface area contributed by atoms with Crippen molar-refractivity contribution in [3.8, 4) is 11.6 Å². The number of anilines is 1. The van der Waals surface area contributed by atoms with Gasteiger partial charge in [-0.1, -0.05) is 23.1 Å².